The molecule has 114 valence electrons. The second-order valence-corrected chi connectivity index (χ2v) is 5.45. The quantitative estimate of drug-likeness (QED) is 0.846. The van der Waals surface area contributed by atoms with Gasteiger partial charge in [-0.1, -0.05) is 17.7 Å². The van der Waals surface area contributed by atoms with Gasteiger partial charge in [-0.05, 0) is 43.5 Å². The average molecular weight is 310 g/mol. The Labute approximate surface area is 130 Å². The van der Waals surface area contributed by atoms with E-state index in [9.17, 15) is 4.79 Å². The number of carbonyl (C=O) groups is 1. The summed E-state index contributed by atoms with van der Waals surface area (Å²) in [4.78, 5) is 12.9. The number of hydrogen-bond acceptors (Lipinski definition) is 3. The molecule has 1 aliphatic heterocycles. The number of hydrogen-bond donors (Lipinski definition) is 1. The van der Waals surface area contributed by atoms with Crippen LogP contribution in [0.5, 0.6) is 0 Å². The van der Waals surface area contributed by atoms with Crippen molar-refractivity contribution in [2.45, 2.75) is 25.9 Å². The molecule has 0 radical (unpaired) electrons. The normalized spacial score (nSPS) is 16.6. The van der Waals surface area contributed by atoms with Crippen LogP contribution in [0.25, 0.3) is 6.08 Å². The predicted molar refractivity (Wildman–Crippen MR) is 85.0 cm³/mol. The number of aliphatic carboxylic acids is 1. The molecular formula is C16H20ClNO3. The van der Waals surface area contributed by atoms with E-state index in [4.69, 9.17) is 21.4 Å². The minimum Gasteiger partial charge on any atom is -0.478 e. The number of piperidine rings is 1. The van der Waals surface area contributed by atoms with Crippen molar-refractivity contribution in [2.75, 3.05) is 24.6 Å². The molecule has 2 rings (SSSR count). The first-order valence-electron chi connectivity index (χ1n) is 7.17. The van der Waals surface area contributed by atoms with Crippen molar-refractivity contribution in [1.29, 1.82) is 0 Å². The van der Waals surface area contributed by atoms with Crippen molar-refractivity contribution >= 4 is 29.3 Å². The molecular weight excluding hydrogens is 290 g/mol. The first kappa shape index (κ1) is 15.9. The number of anilines is 1. The molecule has 1 heterocycles. The summed E-state index contributed by atoms with van der Waals surface area (Å²) in [7, 11) is 0. The van der Waals surface area contributed by atoms with Gasteiger partial charge < -0.3 is 14.7 Å². The van der Waals surface area contributed by atoms with E-state index in [0.29, 0.717) is 11.1 Å². The van der Waals surface area contributed by atoms with Crippen LogP contribution >= 0.6 is 11.6 Å². The summed E-state index contributed by atoms with van der Waals surface area (Å²) in [6, 6.07) is 5.52. The minimum absolute atomic E-state index is 0.323. The molecule has 0 atom stereocenters. The Morgan fingerprint density at radius 1 is 1.48 bits per heavy atom. The van der Waals surface area contributed by atoms with Crippen LogP contribution in [0.15, 0.2) is 24.3 Å². The van der Waals surface area contributed by atoms with Crippen LogP contribution in [0.4, 0.5) is 5.69 Å². The Morgan fingerprint density at radius 3 is 2.81 bits per heavy atom. The first-order valence-corrected chi connectivity index (χ1v) is 7.55. The molecule has 0 saturated carbocycles. The van der Waals surface area contributed by atoms with Gasteiger partial charge in [0.05, 0.1) is 6.10 Å². The minimum atomic E-state index is -0.953. The fourth-order valence-corrected chi connectivity index (χ4v) is 2.76. The molecule has 0 spiro atoms. The van der Waals surface area contributed by atoms with Crippen molar-refractivity contribution in [1.82, 2.24) is 0 Å². The molecule has 21 heavy (non-hydrogen) atoms. The summed E-state index contributed by atoms with van der Waals surface area (Å²) in [5.74, 6) is -0.953. The fraction of sp³-hybridized carbons (Fsp3) is 0.438. The largest absolute Gasteiger partial charge is 0.478 e. The van der Waals surface area contributed by atoms with Gasteiger partial charge in [-0.2, -0.15) is 0 Å². The van der Waals surface area contributed by atoms with E-state index in [-0.39, 0.29) is 0 Å². The van der Waals surface area contributed by atoms with Crippen molar-refractivity contribution in [3.05, 3.63) is 34.9 Å². The third-order valence-corrected chi connectivity index (χ3v) is 3.82. The fourth-order valence-electron chi connectivity index (χ4n) is 2.59. The number of benzene rings is 1. The van der Waals surface area contributed by atoms with Crippen molar-refractivity contribution in [3.8, 4) is 0 Å². The molecule has 0 unspecified atom stereocenters. The number of rotatable bonds is 5. The van der Waals surface area contributed by atoms with E-state index in [1.54, 1.807) is 12.1 Å². The van der Waals surface area contributed by atoms with Gasteiger partial charge in [-0.3, -0.25) is 0 Å². The highest BCUT2D eigenvalue weighted by atomic mass is 35.5. The van der Waals surface area contributed by atoms with Gasteiger partial charge in [0.15, 0.2) is 0 Å². The molecule has 4 nitrogen and oxygen atoms in total. The molecule has 1 fully saturated rings. The highest BCUT2D eigenvalue weighted by molar-refractivity contribution is 6.31. The maximum absolute atomic E-state index is 10.7. The maximum Gasteiger partial charge on any atom is 0.328 e. The molecule has 5 heteroatoms. The molecule has 0 aliphatic carbocycles. The third kappa shape index (κ3) is 4.48. The standard InChI is InChI=1S/C16H20ClNO3/c1-2-21-14-7-9-18(10-8-14)15-11-13(17)5-3-12(15)4-6-16(19)20/h3-6,11,14H,2,7-10H2,1H3,(H,19,20)/b6-4+. The van der Waals surface area contributed by atoms with Gasteiger partial charge in [-0.15, -0.1) is 0 Å². The number of halogens is 1. The molecule has 0 amide bonds. The molecule has 0 aromatic heterocycles. The number of carboxylic acid groups (broad SMARTS) is 1. The Bertz CT molecular complexity index is 522. The van der Waals surface area contributed by atoms with E-state index >= 15 is 0 Å². The summed E-state index contributed by atoms with van der Waals surface area (Å²) in [6.07, 6.45) is 5.04. The lowest BCUT2D eigenvalue weighted by Crippen LogP contribution is -2.37. The highest BCUT2D eigenvalue weighted by Gasteiger charge is 2.21. The van der Waals surface area contributed by atoms with Crippen molar-refractivity contribution in [3.63, 3.8) is 0 Å². The number of nitrogens with zero attached hydrogens (tertiary/aromatic N) is 1. The Morgan fingerprint density at radius 2 is 2.19 bits per heavy atom. The van der Waals surface area contributed by atoms with Crippen LogP contribution in [0, 0.1) is 0 Å². The van der Waals surface area contributed by atoms with E-state index in [1.807, 2.05) is 19.1 Å². The lowest BCUT2D eigenvalue weighted by Gasteiger charge is -2.34. The Kier molecular flexibility index (Phi) is 5.65. The van der Waals surface area contributed by atoms with E-state index in [0.717, 1.165) is 49.9 Å². The van der Waals surface area contributed by atoms with Gasteiger partial charge in [0.2, 0.25) is 0 Å². The van der Waals surface area contributed by atoms with Crippen LogP contribution in [0.2, 0.25) is 5.02 Å². The van der Waals surface area contributed by atoms with Gasteiger partial charge in [0, 0.05) is 36.5 Å². The zero-order valence-electron chi connectivity index (χ0n) is 12.1. The summed E-state index contributed by atoms with van der Waals surface area (Å²) >= 11 is 6.09. The van der Waals surface area contributed by atoms with Gasteiger partial charge in [-0.25, -0.2) is 4.79 Å². The zero-order chi connectivity index (χ0) is 15.2. The summed E-state index contributed by atoms with van der Waals surface area (Å²) in [5.41, 5.74) is 1.85. The molecule has 1 N–H and O–H groups in total. The molecule has 0 bridgehead atoms. The molecule has 1 aromatic rings. The second-order valence-electron chi connectivity index (χ2n) is 5.02. The number of ether oxygens (including phenoxy) is 1. The van der Waals surface area contributed by atoms with Crippen LogP contribution in [0.1, 0.15) is 25.3 Å². The lowest BCUT2D eigenvalue weighted by atomic mass is 10.0. The monoisotopic (exact) mass is 309 g/mol. The Hall–Kier alpha value is -1.52. The van der Waals surface area contributed by atoms with E-state index in [1.165, 1.54) is 0 Å². The van der Waals surface area contributed by atoms with E-state index < -0.39 is 5.97 Å². The maximum atomic E-state index is 10.7. The van der Waals surface area contributed by atoms with Crippen LogP contribution < -0.4 is 4.90 Å². The lowest BCUT2D eigenvalue weighted by molar-refractivity contribution is -0.131. The smallest absolute Gasteiger partial charge is 0.328 e. The Balaban J connectivity index is 2.15. The number of carboxylic acids is 1. The molecule has 1 aromatic carbocycles. The van der Waals surface area contributed by atoms with Crippen LogP contribution in [-0.4, -0.2) is 36.9 Å². The topological polar surface area (TPSA) is 49.8 Å². The highest BCUT2D eigenvalue weighted by Crippen LogP contribution is 2.29. The van der Waals surface area contributed by atoms with Crippen molar-refractivity contribution in [2.24, 2.45) is 0 Å². The molecule has 1 aliphatic rings. The van der Waals surface area contributed by atoms with Crippen molar-refractivity contribution < 1.29 is 14.6 Å². The molecule has 1 saturated heterocycles. The van der Waals surface area contributed by atoms with Crippen LogP contribution in [-0.2, 0) is 9.53 Å². The van der Waals surface area contributed by atoms with E-state index in [2.05, 4.69) is 4.90 Å². The first-order chi connectivity index (χ1) is 10.1. The summed E-state index contributed by atoms with van der Waals surface area (Å²) in [6.45, 7) is 4.53. The van der Waals surface area contributed by atoms with Gasteiger partial charge in [0.25, 0.3) is 0 Å². The van der Waals surface area contributed by atoms with Crippen LogP contribution in [0.3, 0.4) is 0 Å². The second kappa shape index (κ2) is 7.48. The summed E-state index contributed by atoms with van der Waals surface area (Å²) in [5, 5.41) is 9.44. The summed E-state index contributed by atoms with van der Waals surface area (Å²) < 4.78 is 5.66. The van der Waals surface area contributed by atoms with Gasteiger partial charge >= 0.3 is 5.97 Å². The third-order valence-electron chi connectivity index (χ3n) is 3.58. The predicted octanol–water partition coefficient (Wildman–Crippen LogP) is 3.44. The van der Waals surface area contributed by atoms with Gasteiger partial charge in [0.1, 0.15) is 0 Å². The zero-order valence-corrected chi connectivity index (χ0v) is 12.8. The SMILES string of the molecule is CCOC1CCN(c2cc(Cl)ccc2/C=C/C(=O)O)CC1. The average Bonchev–Trinajstić information content (AvgIpc) is 2.47.